The molecule has 132 valence electrons. The number of fused-ring (bicyclic) bond motifs is 1. The maximum Gasteiger partial charge on any atom is 0.348 e. The van der Waals surface area contributed by atoms with Crippen LogP contribution in [-0.4, -0.2) is 38.6 Å². The summed E-state index contributed by atoms with van der Waals surface area (Å²) in [5, 5.41) is 0. The summed E-state index contributed by atoms with van der Waals surface area (Å²) in [6.07, 6.45) is 3.04. The van der Waals surface area contributed by atoms with E-state index in [-0.39, 0.29) is 19.5 Å². The second kappa shape index (κ2) is 6.50. The molecule has 2 rings (SSSR count). The van der Waals surface area contributed by atoms with Crippen molar-refractivity contribution in [3.05, 3.63) is 33.1 Å². The Hall–Kier alpha value is -2.58. The Morgan fingerprint density at radius 2 is 1.92 bits per heavy atom. The molecule has 1 aliphatic heterocycles. The van der Waals surface area contributed by atoms with E-state index < -0.39 is 35.0 Å². The average Bonchev–Trinajstić information content (AvgIpc) is 2.75. The molecule has 2 heterocycles. The molecule has 1 aromatic heterocycles. The number of carbonyl (C=O) groups is 2. The fourth-order valence-corrected chi connectivity index (χ4v) is 2.38. The van der Waals surface area contributed by atoms with Crippen LogP contribution in [0.4, 0.5) is 0 Å². The van der Waals surface area contributed by atoms with E-state index in [0.717, 1.165) is 13.9 Å². The van der Waals surface area contributed by atoms with E-state index in [9.17, 15) is 19.2 Å². The van der Waals surface area contributed by atoms with E-state index in [1.807, 2.05) is 0 Å². The van der Waals surface area contributed by atoms with Crippen molar-refractivity contribution in [3.63, 3.8) is 0 Å². The second-order valence-corrected chi connectivity index (χ2v) is 6.38. The van der Waals surface area contributed by atoms with Gasteiger partial charge in [-0.15, -0.1) is 0 Å². The summed E-state index contributed by atoms with van der Waals surface area (Å²) in [4.78, 5) is 48.5. The lowest BCUT2D eigenvalue weighted by molar-refractivity contribution is -0.158. The van der Waals surface area contributed by atoms with E-state index in [2.05, 4.69) is 4.74 Å². The Kier molecular flexibility index (Phi) is 4.81. The summed E-state index contributed by atoms with van der Waals surface area (Å²) >= 11 is 0. The molecule has 0 spiro atoms. The topological polar surface area (TPSA) is 102 Å². The predicted octanol–water partition coefficient (Wildman–Crippen LogP) is -0.173. The summed E-state index contributed by atoms with van der Waals surface area (Å²) in [5.41, 5.74) is -1.96. The largest absolute Gasteiger partial charge is 0.469 e. The van der Waals surface area contributed by atoms with Gasteiger partial charge in [-0.1, -0.05) is 12.2 Å². The predicted molar refractivity (Wildman–Crippen MR) is 83.6 cm³/mol. The molecule has 0 saturated carbocycles. The molecule has 0 radical (unpaired) electrons. The maximum atomic E-state index is 12.5. The molecule has 1 unspecified atom stereocenters. The number of esters is 2. The van der Waals surface area contributed by atoms with Gasteiger partial charge in [0.25, 0.3) is 0 Å². The molecule has 9 heteroatoms. The fourth-order valence-electron chi connectivity index (χ4n) is 2.38. The van der Waals surface area contributed by atoms with Gasteiger partial charge in [-0.2, -0.15) is 0 Å². The Balaban J connectivity index is 2.38. The highest BCUT2D eigenvalue weighted by atomic mass is 16.6. The number of rotatable bonds is 4. The van der Waals surface area contributed by atoms with Gasteiger partial charge in [0.05, 0.1) is 20.1 Å². The SMILES string of the molecule is COC(=O)CCn1c(=O)n2n(c1=O)C(C(=O)OC(C)(C)C)C=CC2. The van der Waals surface area contributed by atoms with E-state index in [1.54, 1.807) is 26.8 Å². The molecule has 1 aliphatic rings. The molecule has 1 atom stereocenters. The van der Waals surface area contributed by atoms with Crippen molar-refractivity contribution >= 4 is 11.9 Å². The van der Waals surface area contributed by atoms with Crippen molar-refractivity contribution < 1.29 is 19.1 Å². The lowest BCUT2D eigenvalue weighted by Crippen LogP contribution is -2.39. The molecule has 9 nitrogen and oxygen atoms in total. The minimum atomic E-state index is -1.02. The van der Waals surface area contributed by atoms with Crippen LogP contribution in [-0.2, 0) is 32.2 Å². The number of methoxy groups -OCH3 is 1. The number of carbonyl (C=O) groups excluding carboxylic acids is 2. The number of aromatic nitrogens is 3. The van der Waals surface area contributed by atoms with Crippen molar-refractivity contribution in [2.45, 2.75) is 51.9 Å². The molecule has 0 saturated heterocycles. The second-order valence-electron chi connectivity index (χ2n) is 6.38. The first kappa shape index (κ1) is 17.8. The van der Waals surface area contributed by atoms with Crippen LogP contribution in [0.15, 0.2) is 21.7 Å². The Bertz CT molecular complexity index is 790. The average molecular weight is 339 g/mol. The Labute approximate surface area is 138 Å². The molecule has 1 aromatic rings. The highest BCUT2D eigenvalue weighted by Gasteiger charge is 2.31. The number of hydrogen-bond acceptors (Lipinski definition) is 6. The Morgan fingerprint density at radius 1 is 1.25 bits per heavy atom. The van der Waals surface area contributed by atoms with E-state index in [0.29, 0.717) is 0 Å². The van der Waals surface area contributed by atoms with Crippen molar-refractivity contribution in [3.8, 4) is 0 Å². The molecule has 0 fully saturated rings. The summed E-state index contributed by atoms with van der Waals surface area (Å²) in [6.45, 7) is 5.20. The first-order chi connectivity index (χ1) is 11.2. The third kappa shape index (κ3) is 3.50. The molecular formula is C15H21N3O6. The van der Waals surface area contributed by atoms with Gasteiger partial charge in [0.15, 0.2) is 6.04 Å². The van der Waals surface area contributed by atoms with Crippen molar-refractivity contribution in [2.75, 3.05) is 7.11 Å². The maximum absolute atomic E-state index is 12.5. The normalized spacial score (nSPS) is 16.6. The van der Waals surface area contributed by atoms with Crippen LogP contribution in [0.3, 0.4) is 0 Å². The quantitative estimate of drug-likeness (QED) is 0.557. The number of ether oxygens (including phenoxy) is 2. The highest BCUT2D eigenvalue weighted by Crippen LogP contribution is 2.17. The van der Waals surface area contributed by atoms with Crippen LogP contribution in [0.25, 0.3) is 0 Å². The van der Waals surface area contributed by atoms with Crippen LogP contribution in [0, 0.1) is 0 Å². The number of hydrogen-bond donors (Lipinski definition) is 0. The van der Waals surface area contributed by atoms with Gasteiger partial charge in [0.2, 0.25) is 0 Å². The van der Waals surface area contributed by atoms with E-state index in [1.165, 1.54) is 13.2 Å². The molecule has 0 N–H and O–H groups in total. The van der Waals surface area contributed by atoms with Gasteiger partial charge < -0.3 is 9.47 Å². The monoisotopic (exact) mass is 339 g/mol. The standard InChI is InChI=1S/C15H21N3O6/c1-15(2,3)24-12(20)10-6-5-8-17-13(21)16(14(22)18(10)17)9-7-11(19)23-4/h5-6,10H,7-9H2,1-4H3. The van der Waals surface area contributed by atoms with Crippen LogP contribution in [0.5, 0.6) is 0 Å². The highest BCUT2D eigenvalue weighted by molar-refractivity contribution is 5.76. The summed E-state index contributed by atoms with van der Waals surface area (Å²) in [6, 6.07) is -1.02. The molecule has 0 bridgehead atoms. The van der Waals surface area contributed by atoms with E-state index in [4.69, 9.17) is 4.74 Å². The smallest absolute Gasteiger partial charge is 0.348 e. The zero-order valence-corrected chi connectivity index (χ0v) is 14.1. The molecule has 24 heavy (non-hydrogen) atoms. The van der Waals surface area contributed by atoms with Crippen molar-refractivity contribution in [1.82, 2.24) is 13.9 Å². The minimum absolute atomic E-state index is 0.111. The first-order valence-electron chi connectivity index (χ1n) is 7.54. The van der Waals surface area contributed by atoms with Gasteiger partial charge in [0, 0.05) is 6.54 Å². The van der Waals surface area contributed by atoms with Crippen molar-refractivity contribution in [2.24, 2.45) is 0 Å². The zero-order valence-electron chi connectivity index (χ0n) is 14.1. The fraction of sp³-hybridized carbons (Fsp3) is 0.600. The molecular weight excluding hydrogens is 318 g/mol. The van der Waals surface area contributed by atoms with Gasteiger partial charge in [-0.05, 0) is 20.8 Å². The molecule has 0 aliphatic carbocycles. The first-order valence-corrected chi connectivity index (χ1v) is 7.54. The van der Waals surface area contributed by atoms with Gasteiger partial charge >= 0.3 is 23.3 Å². The lowest BCUT2D eigenvalue weighted by Gasteiger charge is -2.25. The van der Waals surface area contributed by atoms with Crippen LogP contribution in [0.1, 0.15) is 33.2 Å². The van der Waals surface area contributed by atoms with Gasteiger partial charge in [0.1, 0.15) is 5.60 Å². The van der Waals surface area contributed by atoms with Crippen LogP contribution < -0.4 is 11.4 Å². The van der Waals surface area contributed by atoms with Crippen LogP contribution >= 0.6 is 0 Å². The Morgan fingerprint density at radius 3 is 2.50 bits per heavy atom. The molecule has 0 aromatic carbocycles. The lowest BCUT2D eigenvalue weighted by atomic mass is 10.2. The molecule has 0 amide bonds. The third-order valence-corrected chi connectivity index (χ3v) is 3.41. The van der Waals surface area contributed by atoms with E-state index >= 15 is 0 Å². The summed E-state index contributed by atoms with van der Waals surface area (Å²) < 4.78 is 13.0. The van der Waals surface area contributed by atoms with Crippen LogP contribution in [0.2, 0.25) is 0 Å². The third-order valence-electron chi connectivity index (χ3n) is 3.41. The minimum Gasteiger partial charge on any atom is -0.469 e. The number of nitrogens with zero attached hydrogens (tertiary/aromatic N) is 3. The van der Waals surface area contributed by atoms with Crippen molar-refractivity contribution in [1.29, 1.82) is 0 Å². The number of allylic oxidation sites excluding steroid dienone is 1. The van der Waals surface area contributed by atoms with Gasteiger partial charge in [-0.3, -0.25) is 4.79 Å². The van der Waals surface area contributed by atoms with Gasteiger partial charge in [-0.25, -0.2) is 28.3 Å². The summed E-state index contributed by atoms with van der Waals surface area (Å²) in [7, 11) is 1.23. The zero-order chi connectivity index (χ0) is 18.1. The summed E-state index contributed by atoms with van der Waals surface area (Å²) in [5.74, 6) is -1.16.